The lowest BCUT2D eigenvalue weighted by molar-refractivity contribution is 1.44. The Morgan fingerprint density at radius 1 is 0.583 bits per heavy atom. The van der Waals surface area contributed by atoms with Crippen molar-refractivity contribution < 1.29 is 0 Å². The zero-order valence-electron chi connectivity index (χ0n) is 13.5. The average Bonchev–Trinajstić information content (AvgIpc) is 3.19. The maximum atomic E-state index is 2.31. The molecule has 0 bridgehead atoms. The van der Waals surface area contributed by atoms with Crippen LogP contribution in [0.25, 0.3) is 5.57 Å². The van der Waals surface area contributed by atoms with Gasteiger partial charge >= 0.3 is 0 Å². The zero-order valence-corrected chi connectivity index (χ0v) is 14.4. The fourth-order valence-electron chi connectivity index (χ4n) is 3.09. The van der Waals surface area contributed by atoms with Gasteiger partial charge in [-0.05, 0) is 41.4 Å². The van der Waals surface area contributed by atoms with Crippen molar-refractivity contribution in [2.45, 2.75) is 6.42 Å². The molecule has 24 heavy (non-hydrogen) atoms. The number of benzene rings is 3. The first-order valence-corrected chi connectivity index (χ1v) is 9.62. The molecule has 0 radical (unpaired) electrons. The Morgan fingerprint density at radius 3 is 1.62 bits per heavy atom. The molecule has 0 fully saturated rings. The van der Waals surface area contributed by atoms with E-state index >= 15 is 0 Å². The van der Waals surface area contributed by atoms with Gasteiger partial charge in [0.1, 0.15) is 0 Å². The first-order valence-electron chi connectivity index (χ1n) is 8.28. The molecule has 4 rings (SSSR count). The fourth-order valence-corrected chi connectivity index (χ4v) is 5.37. The first kappa shape index (κ1) is 15.1. The summed E-state index contributed by atoms with van der Waals surface area (Å²) in [6.45, 7) is 0. The second kappa shape index (κ2) is 6.99. The lowest BCUT2D eigenvalue weighted by Crippen LogP contribution is -2.20. The van der Waals surface area contributed by atoms with Gasteiger partial charge in [0.25, 0.3) is 0 Å². The summed E-state index contributed by atoms with van der Waals surface area (Å²) in [5.41, 5.74) is 2.74. The predicted molar refractivity (Wildman–Crippen MR) is 107 cm³/mol. The van der Waals surface area contributed by atoms with E-state index in [0.29, 0.717) is 0 Å². The van der Waals surface area contributed by atoms with Crippen LogP contribution in [-0.2, 0) is 0 Å². The molecule has 1 heteroatoms. The minimum atomic E-state index is -0.506. The van der Waals surface area contributed by atoms with Crippen LogP contribution in [0.15, 0.2) is 103 Å². The largest absolute Gasteiger partial charge is 0.0801 e. The van der Waals surface area contributed by atoms with Gasteiger partial charge in [-0.1, -0.05) is 103 Å². The Labute approximate surface area is 144 Å². The van der Waals surface area contributed by atoms with Crippen molar-refractivity contribution in [2.24, 2.45) is 0 Å². The van der Waals surface area contributed by atoms with Crippen LogP contribution in [0.4, 0.5) is 0 Å². The SMILES string of the molecule is C1=CCC(c2ccc(P(c3ccccc3)c3ccccc3)cc2)=C1. The predicted octanol–water partition coefficient (Wildman–Crippen LogP) is 4.79. The van der Waals surface area contributed by atoms with E-state index in [0.717, 1.165) is 6.42 Å². The molecule has 0 saturated carbocycles. The molecule has 0 atom stereocenters. The van der Waals surface area contributed by atoms with Gasteiger partial charge in [0, 0.05) is 0 Å². The van der Waals surface area contributed by atoms with Gasteiger partial charge in [-0.2, -0.15) is 0 Å². The van der Waals surface area contributed by atoms with Crippen LogP contribution in [0.5, 0.6) is 0 Å². The Bertz CT molecular complexity index is 819. The fraction of sp³-hybridized carbons (Fsp3) is 0.0435. The third-order valence-electron chi connectivity index (χ3n) is 4.30. The number of hydrogen-bond donors (Lipinski definition) is 0. The summed E-state index contributed by atoms with van der Waals surface area (Å²) >= 11 is 0. The van der Waals surface area contributed by atoms with Crippen LogP contribution in [0.2, 0.25) is 0 Å². The van der Waals surface area contributed by atoms with E-state index in [1.807, 2.05) is 0 Å². The van der Waals surface area contributed by atoms with E-state index in [-0.39, 0.29) is 0 Å². The van der Waals surface area contributed by atoms with Gasteiger partial charge in [0.15, 0.2) is 0 Å². The monoisotopic (exact) mass is 326 g/mol. The standard InChI is InChI=1S/C23H19P/c1-3-11-21(12-4-1)24(22-13-5-2-6-14-22)23-17-15-20(16-18-23)19-9-7-8-10-19/h1-9,11-18H,10H2. The van der Waals surface area contributed by atoms with Crippen LogP contribution >= 0.6 is 7.92 Å². The van der Waals surface area contributed by atoms with Gasteiger partial charge < -0.3 is 0 Å². The summed E-state index contributed by atoms with van der Waals surface area (Å²) in [4.78, 5) is 0. The van der Waals surface area contributed by atoms with Crippen molar-refractivity contribution in [3.05, 3.63) is 109 Å². The first-order chi connectivity index (χ1) is 11.9. The summed E-state index contributed by atoms with van der Waals surface area (Å²) in [6.07, 6.45) is 7.62. The molecule has 0 saturated heterocycles. The molecule has 0 aromatic heterocycles. The maximum absolute atomic E-state index is 2.31. The normalized spacial score (nSPS) is 13.3. The van der Waals surface area contributed by atoms with Gasteiger partial charge in [-0.3, -0.25) is 0 Å². The molecule has 0 amide bonds. The molecule has 0 spiro atoms. The van der Waals surface area contributed by atoms with Crippen molar-refractivity contribution in [3.63, 3.8) is 0 Å². The van der Waals surface area contributed by atoms with E-state index < -0.39 is 7.92 Å². The highest BCUT2D eigenvalue weighted by Gasteiger charge is 2.16. The Kier molecular flexibility index (Phi) is 4.40. The van der Waals surface area contributed by atoms with Crippen molar-refractivity contribution >= 4 is 29.4 Å². The summed E-state index contributed by atoms with van der Waals surface area (Å²) in [7, 11) is -0.506. The highest BCUT2D eigenvalue weighted by Crippen LogP contribution is 2.33. The van der Waals surface area contributed by atoms with Crippen molar-refractivity contribution in [3.8, 4) is 0 Å². The third kappa shape index (κ3) is 3.11. The molecular weight excluding hydrogens is 307 g/mol. The highest BCUT2D eigenvalue weighted by molar-refractivity contribution is 7.79. The Hall–Kier alpha value is -2.43. The van der Waals surface area contributed by atoms with Crippen LogP contribution in [0.1, 0.15) is 12.0 Å². The van der Waals surface area contributed by atoms with Gasteiger partial charge in [-0.25, -0.2) is 0 Å². The van der Waals surface area contributed by atoms with Crippen LogP contribution in [0.3, 0.4) is 0 Å². The summed E-state index contributed by atoms with van der Waals surface area (Å²) in [5.74, 6) is 0. The number of allylic oxidation sites excluding steroid dienone is 4. The van der Waals surface area contributed by atoms with Crippen LogP contribution in [-0.4, -0.2) is 0 Å². The topological polar surface area (TPSA) is 0 Å². The van der Waals surface area contributed by atoms with E-state index in [4.69, 9.17) is 0 Å². The van der Waals surface area contributed by atoms with Crippen molar-refractivity contribution in [2.75, 3.05) is 0 Å². The minimum Gasteiger partial charge on any atom is -0.0801 e. The zero-order chi connectivity index (χ0) is 16.2. The molecule has 1 aliphatic rings. The lowest BCUT2D eigenvalue weighted by Gasteiger charge is -2.19. The molecule has 116 valence electrons. The van der Waals surface area contributed by atoms with E-state index in [9.17, 15) is 0 Å². The molecule has 1 aliphatic carbocycles. The molecule has 3 aromatic carbocycles. The average molecular weight is 326 g/mol. The van der Waals surface area contributed by atoms with Gasteiger partial charge in [-0.15, -0.1) is 0 Å². The van der Waals surface area contributed by atoms with Gasteiger partial charge in [0.2, 0.25) is 0 Å². The summed E-state index contributed by atoms with van der Waals surface area (Å²) in [5, 5.41) is 4.19. The Balaban J connectivity index is 1.74. The van der Waals surface area contributed by atoms with E-state index in [1.54, 1.807) is 0 Å². The third-order valence-corrected chi connectivity index (χ3v) is 6.74. The van der Waals surface area contributed by atoms with Crippen LogP contribution in [0, 0.1) is 0 Å². The highest BCUT2D eigenvalue weighted by atomic mass is 31.1. The number of hydrogen-bond acceptors (Lipinski definition) is 0. The smallest absolute Gasteiger partial charge is 0.00884 e. The second-order valence-corrected chi connectivity index (χ2v) is 8.10. The lowest BCUT2D eigenvalue weighted by atomic mass is 10.1. The van der Waals surface area contributed by atoms with Gasteiger partial charge in [0.05, 0.1) is 0 Å². The van der Waals surface area contributed by atoms with Crippen LogP contribution < -0.4 is 15.9 Å². The molecule has 0 N–H and O–H groups in total. The molecule has 0 heterocycles. The van der Waals surface area contributed by atoms with Crippen molar-refractivity contribution in [1.82, 2.24) is 0 Å². The second-order valence-electron chi connectivity index (χ2n) is 5.88. The molecular formula is C23H19P. The Morgan fingerprint density at radius 2 is 1.12 bits per heavy atom. The van der Waals surface area contributed by atoms with Crippen molar-refractivity contribution in [1.29, 1.82) is 0 Å². The summed E-state index contributed by atoms with van der Waals surface area (Å²) in [6, 6.07) is 30.9. The number of rotatable bonds is 4. The summed E-state index contributed by atoms with van der Waals surface area (Å²) < 4.78 is 0. The molecule has 0 aliphatic heterocycles. The maximum Gasteiger partial charge on any atom is -0.00884 e. The molecule has 0 unspecified atom stereocenters. The molecule has 0 nitrogen and oxygen atoms in total. The van der Waals surface area contributed by atoms with E-state index in [2.05, 4.69) is 103 Å². The van der Waals surface area contributed by atoms with E-state index in [1.165, 1.54) is 27.1 Å². The quantitative estimate of drug-likeness (QED) is 0.605. The minimum absolute atomic E-state index is 0.506. The molecule has 3 aromatic rings.